The van der Waals surface area contributed by atoms with E-state index in [1.807, 2.05) is 36.0 Å². The van der Waals surface area contributed by atoms with Crippen LogP contribution in [0.15, 0.2) is 42.7 Å². The van der Waals surface area contributed by atoms with Crippen molar-refractivity contribution < 1.29 is 9.53 Å². The summed E-state index contributed by atoms with van der Waals surface area (Å²) in [6.07, 6.45) is 3.63. The monoisotopic (exact) mass is 281 g/mol. The van der Waals surface area contributed by atoms with Crippen molar-refractivity contribution >= 4 is 16.9 Å². The number of pyridine rings is 1. The normalized spacial score (nSPS) is 10.8. The largest absolute Gasteiger partial charge is 0.465 e. The SMILES string of the molecule is COC(=O)c1ccc2cnn(Cc3ccc(C)nc3)c2c1. The van der Waals surface area contributed by atoms with Gasteiger partial charge < -0.3 is 4.74 Å². The smallest absolute Gasteiger partial charge is 0.337 e. The summed E-state index contributed by atoms with van der Waals surface area (Å²) in [5, 5.41) is 5.36. The molecule has 0 N–H and O–H groups in total. The molecule has 2 aromatic heterocycles. The molecule has 0 bridgehead atoms. The van der Waals surface area contributed by atoms with Gasteiger partial charge in [-0.15, -0.1) is 0 Å². The van der Waals surface area contributed by atoms with Crippen LogP contribution in [0.3, 0.4) is 0 Å². The first-order valence-corrected chi connectivity index (χ1v) is 6.63. The third-order valence-corrected chi connectivity index (χ3v) is 3.37. The summed E-state index contributed by atoms with van der Waals surface area (Å²) in [4.78, 5) is 15.9. The molecule has 0 saturated carbocycles. The molecule has 0 radical (unpaired) electrons. The molecule has 5 heteroatoms. The first-order chi connectivity index (χ1) is 10.2. The molecule has 0 aliphatic rings. The van der Waals surface area contributed by atoms with Gasteiger partial charge in [0.2, 0.25) is 0 Å². The first-order valence-electron chi connectivity index (χ1n) is 6.63. The van der Waals surface area contributed by atoms with E-state index in [0.717, 1.165) is 22.2 Å². The molecule has 106 valence electrons. The summed E-state index contributed by atoms with van der Waals surface area (Å²) < 4.78 is 6.61. The average molecular weight is 281 g/mol. The second-order valence-corrected chi connectivity index (χ2v) is 4.88. The van der Waals surface area contributed by atoms with E-state index < -0.39 is 0 Å². The lowest BCUT2D eigenvalue weighted by atomic mass is 10.1. The number of aryl methyl sites for hydroxylation is 1. The Hall–Kier alpha value is -2.69. The zero-order chi connectivity index (χ0) is 14.8. The van der Waals surface area contributed by atoms with E-state index in [0.29, 0.717) is 12.1 Å². The predicted octanol–water partition coefficient (Wildman–Crippen LogP) is 2.57. The fourth-order valence-electron chi connectivity index (χ4n) is 2.21. The van der Waals surface area contributed by atoms with Gasteiger partial charge in [-0.3, -0.25) is 9.67 Å². The molecule has 21 heavy (non-hydrogen) atoms. The molecule has 0 amide bonds. The van der Waals surface area contributed by atoms with Crippen LogP contribution in [0.2, 0.25) is 0 Å². The van der Waals surface area contributed by atoms with E-state index in [1.54, 1.807) is 18.3 Å². The van der Waals surface area contributed by atoms with Crippen molar-refractivity contribution in [2.75, 3.05) is 7.11 Å². The molecule has 0 saturated heterocycles. The van der Waals surface area contributed by atoms with Crippen LogP contribution in [0.5, 0.6) is 0 Å². The van der Waals surface area contributed by atoms with Gasteiger partial charge in [0.25, 0.3) is 0 Å². The van der Waals surface area contributed by atoms with Crippen molar-refractivity contribution in [3.63, 3.8) is 0 Å². The number of fused-ring (bicyclic) bond motifs is 1. The van der Waals surface area contributed by atoms with Crippen LogP contribution in [0.4, 0.5) is 0 Å². The molecular formula is C16H15N3O2. The molecular weight excluding hydrogens is 266 g/mol. The van der Waals surface area contributed by atoms with Crippen molar-refractivity contribution in [2.45, 2.75) is 13.5 Å². The standard InChI is InChI=1S/C16H15N3O2/c1-11-3-4-12(8-17-11)10-19-15-7-13(16(20)21-2)5-6-14(15)9-18-19/h3-9H,10H2,1-2H3. The van der Waals surface area contributed by atoms with Crippen LogP contribution in [-0.4, -0.2) is 27.8 Å². The fraction of sp³-hybridized carbons (Fsp3) is 0.188. The zero-order valence-electron chi connectivity index (χ0n) is 11.9. The van der Waals surface area contributed by atoms with Crippen LogP contribution in [0.1, 0.15) is 21.6 Å². The van der Waals surface area contributed by atoms with Crippen LogP contribution in [-0.2, 0) is 11.3 Å². The number of nitrogens with zero attached hydrogens (tertiary/aromatic N) is 3. The van der Waals surface area contributed by atoms with Gasteiger partial charge in [0.15, 0.2) is 0 Å². The maximum absolute atomic E-state index is 11.6. The van der Waals surface area contributed by atoms with Crippen LogP contribution in [0, 0.1) is 6.92 Å². The summed E-state index contributed by atoms with van der Waals surface area (Å²) in [6.45, 7) is 2.57. The summed E-state index contributed by atoms with van der Waals surface area (Å²) >= 11 is 0. The van der Waals surface area contributed by atoms with Gasteiger partial charge in [0.05, 0.1) is 30.9 Å². The molecule has 0 atom stereocenters. The topological polar surface area (TPSA) is 57.0 Å². The number of hydrogen-bond acceptors (Lipinski definition) is 4. The summed E-state index contributed by atoms with van der Waals surface area (Å²) in [5.41, 5.74) is 3.47. The maximum atomic E-state index is 11.6. The lowest BCUT2D eigenvalue weighted by Gasteiger charge is -2.05. The molecule has 2 heterocycles. The third-order valence-electron chi connectivity index (χ3n) is 3.37. The van der Waals surface area contributed by atoms with Crippen molar-refractivity contribution in [3.05, 3.63) is 59.5 Å². The minimum atomic E-state index is -0.346. The van der Waals surface area contributed by atoms with Gasteiger partial charge in [-0.25, -0.2) is 4.79 Å². The van der Waals surface area contributed by atoms with Gasteiger partial charge >= 0.3 is 5.97 Å². The molecule has 5 nitrogen and oxygen atoms in total. The minimum absolute atomic E-state index is 0.346. The molecule has 0 spiro atoms. The highest BCUT2D eigenvalue weighted by molar-refractivity contribution is 5.94. The molecule has 0 aliphatic carbocycles. The number of ether oxygens (including phenoxy) is 1. The summed E-state index contributed by atoms with van der Waals surface area (Å²) in [5.74, 6) is -0.346. The molecule has 0 aliphatic heterocycles. The summed E-state index contributed by atoms with van der Waals surface area (Å²) in [7, 11) is 1.38. The molecule has 1 aromatic carbocycles. The second-order valence-electron chi connectivity index (χ2n) is 4.88. The number of carbonyl (C=O) groups is 1. The Morgan fingerprint density at radius 2 is 2.10 bits per heavy atom. The van der Waals surface area contributed by atoms with Gasteiger partial charge in [-0.05, 0) is 30.7 Å². The van der Waals surface area contributed by atoms with Crippen molar-refractivity contribution in [1.29, 1.82) is 0 Å². The lowest BCUT2D eigenvalue weighted by molar-refractivity contribution is 0.0601. The Morgan fingerprint density at radius 1 is 1.24 bits per heavy atom. The second kappa shape index (κ2) is 5.36. The van der Waals surface area contributed by atoms with Gasteiger partial charge in [-0.1, -0.05) is 12.1 Å². The van der Waals surface area contributed by atoms with E-state index in [1.165, 1.54) is 7.11 Å². The number of carbonyl (C=O) groups excluding carboxylic acids is 1. The average Bonchev–Trinajstić information content (AvgIpc) is 2.91. The number of hydrogen-bond donors (Lipinski definition) is 0. The van der Waals surface area contributed by atoms with Crippen LogP contribution >= 0.6 is 0 Å². The zero-order valence-corrected chi connectivity index (χ0v) is 11.9. The van der Waals surface area contributed by atoms with E-state index in [4.69, 9.17) is 4.74 Å². The number of rotatable bonds is 3. The van der Waals surface area contributed by atoms with Gasteiger partial charge in [-0.2, -0.15) is 5.10 Å². The lowest BCUT2D eigenvalue weighted by Crippen LogP contribution is -2.04. The summed E-state index contributed by atoms with van der Waals surface area (Å²) in [6, 6.07) is 9.42. The van der Waals surface area contributed by atoms with E-state index in [2.05, 4.69) is 10.1 Å². The van der Waals surface area contributed by atoms with Gasteiger partial charge in [0.1, 0.15) is 0 Å². The number of benzene rings is 1. The van der Waals surface area contributed by atoms with Crippen LogP contribution < -0.4 is 0 Å². The van der Waals surface area contributed by atoms with Crippen molar-refractivity contribution in [1.82, 2.24) is 14.8 Å². The third kappa shape index (κ3) is 2.63. The number of aromatic nitrogens is 3. The first kappa shape index (κ1) is 13.3. The molecule has 3 aromatic rings. The van der Waals surface area contributed by atoms with Crippen LogP contribution in [0.25, 0.3) is 10.9 Å². The Labute approximate surface area is 122 Å². The number of methoxy groups -OCH3 is 1. The fourth-order valence-corrected chi connectivity index (χ4v) is 2.21. The predicted molar refractivity (Wildman–Crippen MR) is 79.1 cm³/mol. The Balaban J connectivity index is 1.98. The minimum Gasteiger partial charge on any atom is -0.465 e. The number of esters is 1. The molecule has 0 fully saturated rings. The highest BCUT2D eigenvalue weighted by atomic mass is 16.5. The van der Waals surface area contributed by atoms with E-state index in [-0.39, 0.29) is 5.97 Å². The van der Waals surface area contributed by atoms with Crippen molar-refractivity contribution in [2.24, 2.45) is 0 Å². The highest BCUT2D eigenvalue weighted by Gasteiger charge is 2.09. The van der Waals surface area contributed by atoms with Crippen molar-refractivity contribution in [3.8, 4) is 0 Å². The molecule has 0 unspecified atom stereocenters. The Bertz CT molecular complexity index is 791. The quantitative estimate of drug-likeness (QED) is 0.692. The maximum Gasteiger partial charge on any atom is 0.337 e. The van der Waals surface area contributed by atoms with E-state index in [9.17, 15) is 4.79 Å². The highest BCUT2D eigenvalue weighted by Crippen LogP contribution is 2.17. The van der Waals surface area contributed by atoms with E-state index >= 15 is 0 Å². The molecule has 3 rings (SSSR count). The Morgan fingerprint density at radius 3 is 2.81 bits per heavy atom. The Kier molecular flexibility index (Phi) is 3.39. The van der Waals surface area contributed by atoms with Gasteiger partial charge in [0, 0.05) is 17.3 Å².